The average molecular weight is 649 g/mol. The second-order valence-electron chi connectivity index (χ2n) is 11.3. The highest BCUT2D eigenvalue weighted by atomic mass is 35.5. The Kier molecular flexibility index (Phi) is 12.6. The van der Waals surface area contributed by atoms with Crippen molar-refractivity contribution >= 4 is 28.3 Å². The second kappa shape index (κ2) is 16.6. The van der Waals surface area contributed by atoms with Crippen LogP contribution in [0.15, 0.2) is 103 Å². The van der Waals surface area contributed by atoms with Crippen LogP contribution in [0.25, 0.3) is 11.1 Å². The van der Waals surface area contributed by atoms with Crippen LogP contribution in [0.5, 0.6) is 5.75 Å². The summed E-state index contributed by atoms with van der Waals surface area (Å²) in [5.41, 5.74) is 4.72. The first-order valence-corrected chi connectivity index (χ1v) is 16.9. The summed E-state index contributed by atoms with van der Waals surface area (Å²) in [6, 6.07) is 31.9. The summed E-state index contributed by atoms with van der Waals surface area (Å²) in [5.74, 6) is -0.586. The molecule has 0 unspecified atom stereocenters. The van der Waals surface area contributed by atoms with Crippen molar-refractivity contribution in [3.63, 3.8) is 0 Å². The number of rotatable bonds is 13. The van der Waals surface area contributed by atoms with Gasteiger partial charge >= 0.3 is 0 Å². The Morgan fingerprint density at radius 2 is 1.47 bits per heavy atom. The average Bonchev–Trinajstić information content (AvgIpc) is 3.04. The zero-order chi connectivity index (χ0) is 30.8. The second-order valence-corrected chi connectivity index (χ2v) is 13.1. The van der Waals surface area contributed by atoms with E-state index in [-0.39, 0.29) is 29.8 Å². The fraction of sp³-hybridized carbons (Fsp3) is 0.306. The number of benzene rings is 4. The van der Waals surface area contributed by atoms with Gasteiger partial charge in [-0.15, -0.1) is 12.4 Å². The van der Waals surface area contributed by atoms with Crippen LogP contribution in [0, 0.1) is 0 Å². The summed E-state index contributed by atoms with van der Waals surface area (Å²) < 4.78 is 34.2. The van der Waals surface area contributed by atoms with Gasteiger partial charge in [0.1, 0.15) is 5.75 Å². The highest BCUT2D eigenvalue weighted by Gasteiger charge is 2.23. The Morgan fingerprint density at radius 3 is 2.16 bits per heavy atom. The van der Waals surface area contributed by atoms with Crippen molar-refractivity contribution in [1.29, 1.82) is 0 Å². The first kappa shape index (κ1) is 34.2. The minimum Gasteiger partial charge on any atom is -0.490 e. The van der Waals surface area contributed by atoms with Gasteiger partial charge in [-0.3, -0.25) is 4.79 Å². The largest absolute Gasteiger partial charge is 0.490 e. The molecule has 0 aliphatic heterocycles. The van der Waals surface area contributed by atoms with E-state index < -0.39 is 22.0 Å². The first-order valence-electron chi connectivity index (χ1n) is 15.3. The SMILES string of the molecule is Cl.O=C(NS(=O)(=O)Cc1ccccc1)c1ccc(-c2ccc(CCNC[C@@H](O)c3ccccc3)cc2)cc1OC1CCCCC1. The lowest BCUT2D eigenvalue weighted by atomic mass is 9.97. The smallest absolute Gasteiger partial charge is 0.268 e. The van der Waals surface area contributed by atoms with E-state index in [2.05, 4.69) is 22.2 Å². The quantitative estimate of drug-likeness (QED) is 0.141. The topological polar surface area (TPSA) is 105 Å². The molecule has 3 N–H and O–H groups in total. The van der Waals surface area contributed by atoms with Crippen LogP contribution in [0.4, 0.5) is 0 Å². The van der Waals surface area contributed by atoms with Crippen molar-refractivity contribution in [3.8, 4) is 16.9 Å². The van der Waals surface area contributed by atoms with Crippen molar-refractivity contribution in [2.45, 2.75) is 56.5 Å². The van der Waals surface area contributed by atoms with E-state index in [1.54, 1.807) is 30.3 Å². The van der Waals surface area contributed by atoms with Gasteiger partial charge in [-0.25, -0.2) is 13.1 Å². The molecule has 7 nitrogen and oxygen atoms in total. The Morgan fingerprint density at radius 1 is 0.822 bits per heavy atom. The molecule has 0 heterocycles. The normalized spacial score (nSPS) is 14.2. The van der Waals surface area contributed by atoms with Crippen molar-refractivity contribution in [3.05, 3.63) is 125 Å². The third-order valence-corrected chi connectivity index (χ3v) is 9.13. The molecule has 1 fully saturated rings. The van der Waals surface area contributed by atoms with Crippen LogP contribution >= 0.6 is 12.4 Å². The van der Waals surface area contributed by atoms with Crippen LogP contribution in [0.2, 0.25) is 0 Å². The molecular weight excluding hydrogens is 608 g/mol. The van der Waals surface area contributed by atoms with Gasteiger partial charge in [0.05, 0.1) is 23.5 Å². The van der Waals surface area contributed by atoms with E-state index >= 15 is 0 Å². The molecule has 4 aromatic carbocycles. The third kappa shape index (κ3) is 10.2. The molecule has 4 aromatic rings. The van der Waals surface area contributed by atoms with Crippen LogP contribution < -0.4 is 14.8 Å². The molecule has 1 amide bonds. The molecule has 9 heteroatoms. The van der Waals surface area contributed by atoms with Crippen LogP contribution in [0.3, 0.4) is 0 Å². The van der Waals surface area contributed by atoms with E-state index in [1.165, 1.54) is 6.42 Å². The predicted molar refractivity (Wildman–Crippen MR) is 181 cm³/mol. The maximum atomic E-state index is 13.3. The number of sulfonamides is 1. The molecule has 1 aliphatic rings. The number of amides is 1. The van der Waals surface area contributed by atoms with Crippen LogP contribution in [-0.4, -0.2) is 38.6 Å². The molecule has 0 radical (unpaired) electrons. The zero-order valence-corrected chi connectivity index (χ0v) is 26.9. The monoisotopic (exact) mass is 648 g/mol. The molecule has 1 atom stereocenters. The van der Waals surface area contributed by atoms with Gasteiger partial charge in [0.15, 0.2) is 0 Å². The lowest BCUT2D eigenvalue weighted by Gasteiger charge is -2.24. The van der Waals surface area contributed by atoms with Gasteiger partial charge < -0.3 is 15.2 Å². The fourth-order valence-corrected chi connectivity index (χ4v) is 6.60. The van der Waals surface area contributed by atoms with Crippen LogP contribution in [-0.2, 0) is 22.2 Å². The highest BCUT2D eigenvalue weighted by molar-refractivity contribution is 7.89. The number of nitrogens with one attached hydrogen (secondary N) is 2. The maximum Gasteiger partial charge on any atom is 0.268 e. The molecule has 0 spiro atoms. The van der Waals surface area contributed by atoms with Gasteiger partial charge in [-0.05, 0) is 78.6 Å². The molecule has 0 saturated heterocycles. The minimum atomic E-state index is -3.90. The van der Waals surface area contributed by atoms with Crippen molar-refractivity contribution in [2.75, 3.05) is 13.1 Å². The Labute approximate surface area is 272 Å². The first-order chi connectivity index (χ1) is 21.4. The van der Waals surface area contributed by atoms with Crippen molar-refractivity contribution < 1.29 is 23.1 Å². The molecule has 0 bridgehead atoms. The van der Waals surface area contributed by atoms with E-state index in [4.69, 9.17) is 4.74 Å². The summed E-state index contributed by atoms with van der Waals surface area (Å²) >= 11 is 0. The summed E-state index contributed by atoms with van der Waals surface area (Å²) in [5, 5.41) is 13.7. The number of halogens is 1. The van der Waals surface area contributed by atoms with E-state index in [0.717, 1.165) is 60.9 Å². The molecule has 0 aromatic heterocycles. The standard InChI is InChI=1S/C36H40N2O5S.ClH/c39-34(30-12-6-2-7-13-30)25-37-23-22-27-16-18-29(19-17-27)31-20-21-33(35(24-31)43-32-14-8-3-9-15-32)36(40)38-44(41,42)26-28-10-4-1-5-11-28;/h1-2,4-7,10-13,16-21,24,32,34,37,39H,3,8-9,14-15,22-23,25-26H2,(H,38,40);1H/t34-;/m1./s1. The van der Waals surface area contributed by atoms with Gasteiger partial charge in [0.2, 0.25) is 10.0 Å². The van der Waals surface area contributed by atoms with Gasteiger partial charge in [0.25, 0.3) is 5.91 Å². The number of hydrogen-bond acceptors (Lipinski definition) is 6. The lowest BCUT2D eigenvalue weighted by molar-refractivity contribution is 0.0969. The number of carbonyl (C=O) groups is 1. The fourth-order valence-electron chi connectivity index (χ4n) is 5.50. The van der Waals surface area contributed by atoms with E-state index in [0.29, 0.717) is 17.9 Å². The molecular formula is C36H41ClN2O5S. The summed E-state index contributed by atoms with van der Waals surface area (Å²) in [6.07, 6.45) is 5.37. The molecule has 5 rings (SSSR count). The summed E-state index contributed by atoms with van der Waals surface area (Å²) in [6.45, 7) is 1.22. The zero-order valence-electron chi connectivity index (χ0n) is 25.2. The molecule has 238 valence electrons. The van der Waals surface area contributed by atoms with Crippen LogP contribution in [0.1, 0.15) is 65.3 Å². The summed E-state index contributed by atoms with van der Waals surface area (Å²) in [4.78, 5) is 13.3. The number of carbonyl (C=O) groups excluding carboxylic acids is 1. The molecule has 45 heavy (non-hydrogen) atoms. The Balaban J connectivity index is 0.00000461. The maximum absolute atomic E-state index is 13.3. The van der Waals surface area contributed by atoms with Gasteiger partial charge in [0, 0.05) is 6.54 Å². The molecule has 1 saturated carbocycles. The number of aliphatic hydroxyl groups excluding tert-OH is 1. The minimum absolute atomic E-state index is 0. The van der Waals surface area contributed by atoms with E-state index in [9.17, 15) is 18.3 Å². The van der Waals surface area contributed by atoms with Crippen molar-refractivity contribution in [1.82, 2.24) is 10.0 Å². The van der Waals surface area contributed by atoms with Crippen molar-refractivity contribution in [2.24, 2.45) is 0 Å². The Bertz CT molecular complexity index is 1610. The Hall–Kier alpha value is -3.69. The number of aliphatic hydroxyl groups is 1. The van der Waals surface area contributed by atoms with Gasteiger partial charge in [-0.2, -0.15) is 0 Å². The highest BCUT2D eigenvalue weighted by Crippen LogP contribution is 2.31. The lowest BCUT2D eigenvalue weighted by Crippen LogP contribution is -2.32. The third-order valence-electron chi connectivity index (χ3n) is 7.92. The van der Waals surface area contributed by atoms with E-state index in [1.807, 2.05) is 60.7 Å². The predicted octanol–water partition coefficient (Wildman–Crippen LogP) is 6.61. The number of ether oxygens (including phenoxy) is 1. The number of hydrogen-bond donors (Lipinski definition) is 3. The van der Waals surface area contributed by atoms with Gasteiger partial charge in [-0.1, -0.05) is 97.4 Å². The summed E-state index contributed by atoms with van der Waals surface area (Å²) in [7, 11) is -3.90. The molecule has 1 aliphatic carbocycles.